The van der Waals surface area contributed by atoms with Crippen molar-refractivity contribution < 1.29 is 0 Å². The van der Waals surface area contributed by atoms with Gasteiger partial charge in [-0.1, -0.05) is 13.0 Å². The summed E-state index contributed by atoms with van der Waals surface area (Å²) in [7, 11) is 0. The standard InChI is InChI=1S/C14H19N3S/c1-4-7-15-14(13-9-17-11(3)18-13)12-6-5-10(2)16-8-12/h5-6,8-9,14-15H,4,7H2,1-3H3. The van der Waals surface area contributed by atoms with Crippen molar-refractivity contribution in [2.75, 3.05) is 6.54 Å². The highest BCUT2D eigenvalue weighted by atomic mass is 32.1. The van der Waals surface area contributed by atoms with Gasteiger partial charge in [0.05, 0.1) is 11.0 Å². The molecule has 96 valence electrons. The second-order valence-electron chi connectivity index (χ2n) is 4.40. The second kappa shape index (κ2) is 6.07. The first-order valence-corrected chi connectivity index (χ1v) is 7.10. The van der Waals surface area contributed by atoms with Gasteiger partial charge in [-0.05, 0) is 38.4 Å². The van der Waals surface area contributed by atoms with Crippen LogP contribution in [0.15, 0.2) is 24.5 Å². The number of thiazole rings is 1. The molecular formula is C14H19N3S. The van der Waals surface area contributed by atoms with Gasteiger partial charge < -0.3 is 5.32 Å². The number of aromatic nitrogens is 2. The second-order valence-corrected chi connectivity index (χ2v) is 5.67. The van der Waals surface area contributed by atoms with E-state index in [1.807, 2.05) is 26.2 Å². The number of nitrogens with zero attached hydrogens (tertiary/aromatic N) is 2. The highest BCUT2D eigenvalue weighted by Gasteiger charge is 2.15. The maximum Gasteiger partial charge on any atom is 0.0897 e. The van der Waals surface area contributed by atoms with E-state index in [-0.39, 0.29) is 6.04 Å². The number of hydrogen-bond acceptors (Lipinski definition) is 4. The summed E-state index contributed by atoms with van der Waals surface area (Å²) in [5.74, 6) is 0. The van der Waals surface area contributed by atoms with E-state index >= 15 is 0 Å². The van der Waals surface area contributed by atoms with Crippen LogP contribution in [0.3, 0.4) is 0 Å². The lowest BCUT2D eigenvalue weighted by atomic mass is 10.1. The Morgan fingerprint density at radius 1 is 1.22 bits per heavy atom. The fourth-order valence-corrected chi connectivity index (χ4v) is 2.72. The van der Waals surface area contributed by atoms with E-state index in [0.29, 0.717) is 0 Å². The number of rotatable bonds is 5. The molecule has 0 aliphatic rings. The van der Waals surface area contributed by atoms with Gasteiger partial charge in [0.2, 0.25) is 0 Å². The molecule has 0 spiro atoms. The lowest BCUT2D eigenvalue weighted by Gasteiger charge is -2.17. The average Bonchev–Trinajstić information content (AvgIpc) is 2.78. The maximum absolute atomic E-state index is 4.38. The van der Waals surface area contributed by atoms with Crippen LogP contribution < -0.4 is 5.32 Å². The lowest BCUT2D eigenvalue weighted by molar-refractivity contribution is 0.603. The molecular weight excluding hydrogens is 242 g/mol. The maximum atomic E-state index is 4.38. The van der Waals surface area contributed by atoms with Crippen LogP contribution in [0.2, 0.25) is 0 Å². The van der Waals surface area contributed by atoms with Gasteiger partial charge in [0.15, 0.2) is 0 Å². The van der Waals surface area contributed by atoms with E-state index in [9.17, 15) is 0 Å². The van der Waals surface area contributed by atoms with Gasteiger partial charge in [0, 0.05) is 23.0 Å². The molecule has 0 aliphatic heterocycles. The lowest BCUT2D eigenvalue weighted by Crippen LogP contribution is -2.22. The number of aryl methyl sites for hydroxylation is 2. The topological polar surface area (TPSA) is 37.8 Å². The van der Waals surface area contributed by atoms with Crippen LogP contribution in [-0.4, -0.2) is 16.5 Å². The molecule has 18 heavy (non-hydrogen) atoms. The summed E-state index contributed by atoms with van der Waals surface area (Å²) < 4.78 is 0. The molecule has 0 saturated heterocycles. The summed E-state index contributed by atoms with van der Waals surface area (Å²) in [6, 6.07) is 4.42. The highest BCUT2D eigenvalue weighted by molar-refractivity contribution is 7.11. The van der Waals surface area contributed by atoms with Crippen LogP contribution in [0, 0.1) is 13.8 Å². The number of hydrogen-bond donors (Lipinski definition) is 1. The summed E-state index contributed by atoms with van der Waals surface area (Å²) in [4.78, 5) is 9.99. The summed E-state index contributed by atoms with van der Waals surface area (Å²) in [6.07, 6.45) is 5.04. The Balaban J connectivity index is 2.27. The van der Waals surface area contributed by atoms with Crippen LogP contribution in [0.25, 0.3) is 0 Å². The first kappa shape index (κ1) is 13.2. The van der Waals surface area contributed by atoms with Gasteiger partial charge in [0.1, 0.15) is 0 Å². The molecule has 0 aliphatic carbocycles. The molecule has 0 bridgehead atoms. The molecule has 0 aromatic carbocycles. The highest BCUT2D eigenvalue weighted by Crippen LogP contribution is 2.26. The van der Waals surface area contributed by atoms with E-state index in [1.165, 1.54) is 10.4 Å². The van der Waals surface area contributed by atoms with Gasteiger partial charge in [-0.2, -0.15) is 0 Å². The summed E-state index contributed by atoms with van der Waals surface area (Å²) in [6.45, 7) is 7.22. The Hall–Kier alpha value is -1.26. The van der Waals surface area contributed by atoms with Gasteiger partial charge in [0.25, 0.3) is 0 Å². The van der Waals surface area contributed by atoms with Gasteiger partial charge in [-0.15, -0.1) is 11.3 Å². The molecule has 2 aromatic rings. The van der Waals surface area contributed by atoms with Crippen LogP contribution in [0.4, 0.5) is 0 Å². The molecule has 2 aromatic heterocycles. The van der Waals surface area contributed by atoms with E-state index in [1.54, 1.807) is 11.3 Å². The Morgan fingerprint density at radius 2 is 2.06 bits per heavy atom. The Labute approximate surface area is 112 Å². The zero-order chi connectivity index (χ0) is 13.0. The van der Waals surface area contributed by atoms with Crippen LogP contribution in [0.5, 0.6) is 0 Å². The van der Waals surface area contributed by atoms with Crippen LogP contribution in [-0.2, 0) is 0 Å². The van der Waals surface area contributed by atoms with E-state index < -0.39 is 0 Å². The zero-order valence-corrected chi connectivity index (χ0v) is 11.9. The first-order valence-electron chi connectivity index (χ1n) is 6.29. The fraction of sp³-hybridized carbons (Fsp3) is 0.429. The van der Waals surface area contributed by atoms with Crippen molar-refractivity contribution in [2.24, 2.45) is 0 Å². The molecule has 1 unspecified atom stereocenters. The molecule has 2 rings (SSSR count). The summed E-state index contributed by atoms with van der Waals surface area (Å²) in [5.41, 5.74) is 2.26. The molecule has 0 radical (unpaired) electrons. The fourth-order valence-electron chi connectivity index (χ4n) is 1.83. The Bertz CT molecular complexity index is 490. The monoisotopic (exact) mass is 261 g/mol. The minimum atomic E-state index is 0.212. The van der Waals surface area contributed by atoms with Crippen molar-refractivity contribution in [3.63, 3.8) is 0 Å². The predicted octanol–water partition coefficient (Wildman–Crippen LogP) is 3.24. The minimum absolute atomic E-state index is 0.212. The normalized spacial score (nSPS) is 12.6. The SMILES string of the molecule is CCCNC(c1ccc(C)nc1)c1cnc(C)s1. The van der Waals surface area contributed by atoms with Crippen LogP contribution >= 0.6 is 11.3 Å². The smallest absolute Gasteiger partial charge is 0.0897 e. The third-order valence-corrected chi connectivity index (χ3v) is 3.77. The van der Waals surface area contributed by atoms with Crippen molar-refractivity contribution in [3.8, 4) is 0 Å². The summed E-state index contributed by atoms with van der Waals surface area (Å²) in [5, 5.41) is 4.67. The average molecular weight is 261 g/mol. The minimum Gasteiger partial charge on any atom is -0.306 e. The van der Waals surface area contributed by atoms with Crippen molar-refractivity contribution in [1.29, 1.82) is 0 Å². The molecule has 1 N–H and O–H groups in total. The van der Waals surface area contributed by atoms with Crippen molar-refractivity contribution in [1.82, 2.24) is 15.3 Å². The van der Waals surface area contributed by atoms with Crippen molar-refractivity contribution >= 4 is 11.3 Å². The number of pyridine rings is 1. The molecule has 0 fully saturated rings. The van der Waals surface area contributed by atoms with E-state index in [4.69, 9.17) is 0 Å². The predicted molar refractivity (Wildman–Crippen MR) is 76.0 cm³/mol. The third kappa shape index (κ3) is 3.15. The zero-order valence-electron chi connectivity index (χ0n) is 11.1. The van der Waals surface area contributed by atoms with Gasteiger partial charge in [-0.3, -0.25) is 4.98 Å². The van der Waals surface area contributed by atoms with Gasteiger partial charge in [-0.25, -0.2) is 4.98 Å². The van der Waals surface area contributed by atoms with Gasteiger partial charge >= 0.3 is 0 Å². The Morgan fingerprint density at radius 3 is 2.61 bits per heavy atom. The quantitative estimate of drug-likeness (QED) is 0.898. The van der Waals surface area contributed by atoms with E-state index in [2.05, 4.69) is 34.3 Å². The van der Waals surface area contributed by atoms with Crippen LogP contribution in [0.1, 0.15) is 40.5 Å². The summed E-state index contributed by atoms with van der Waals surface area (Å²) >= 11 is 1.74. The molecule has 3 nitrogen and oxygen atoms in total. The molecule has 0 saturated carbocycles. The van der Waals surface area contributed by atoms with Crippen molar-refractivity contribution in [3.05, 3.63) is 45.7 Å². The van der Waals surface area contributed by atoms with Crippen molar-refractivity contribution in [2.45, 2.75) is 33.2 Å². The third-order valence-electron chi connectivity index (χ3n) is 2.79. The number of nitrogens with one attached hydrogen (secondary N) is 1. The first-order chi connectivity index (χ1) is 8.70. The van der Waals surface area contributed by atoms with E-state index in [0.717, 1.165) is 23.7 Å². The molecule has 1 atom stereocenters. The Kier molecular flexibility index (Phi) is 4.44. The molecule has 2 heterocycles. The molecule has 0 amide bonds. The largest absolute Gasteiger partial charge is 0.306 e. The molecule has 4 heteroatoms.